The van der Waals surface area contributed by atoms with Crippen molar-refractivity contribution in [3.63, 3.8) is 0 Å². The highest BCUT2D eigenvalue weighted by atomic mass is 19.1. The number of aromatic nitrogens is 1. The molecule has 5 nitrogen and oxygen atoms in total. The van der Waals surface area contributed by atoms with Crippen molar-refractivity contribution in [3.8, 4) is 11.8 Å². The number of anilines is 1. The summed E-state index contributed by atoms with van der Waals surface area (Å²) in [7, 11) is 2.04. The topological polar surface area (TPSA) is 62.5 Å². The Bertz CT molecular complexity index is 1330. The van der Waals surface area contributed by atoms with Crippen molar-refractivity contribution in [2.24, 2.45) is 0 Å². The van der Waals surface area contributed by atoms with E-state index in [2.05, 4.69) is 48.6 Å². The molecule has 1 aromatic heterocycles. The van der Waals surface area contributed by atoms with Crippen molar-refractivity contribution in [1.82, 2.24) is 14.8 Å². The Morgan fingerprint density at radius 3 is 2.59 bits per heavy atom. The second-order valence-electron chi connectivity index (χ2n) is 9.76. The molecule has 0 radical (unpaired) electrons. The molecule has 0 bridgehead atoms. The molecule has 1 fully saturated rings. The van der Waals surface area contributed by atoms with Gasteiger partial charge in [-0.25, -0.2) is 9.37 Å². The van der Waals surface area contributed by atoms with Crippen LogP contribution in [0.4, 0.5) is 10.2 Å². The Labute approximate surface area is 219 Å². The monoisotopic (exact) mass is 498 g/mol. The number of nitrogens with two attached hydrogens (primary N) is 1. The summed E-state index contributed by atoms with van der Waals surface area (Å²) >= 11 is 0. The summed E-state index contributed by atoms with van der Waals surface area (Å²) in [6.45, 7) is 8.31. The lowest BCUT2D eigenvalue weighted by Crippen LogP contribution is -2.52. The van der Waals surface area contributed by atoms with Crippen LogP contribution in [-0.2, 0) is 0 Å². The van der Waals surface area contributed by atoms with Gasteiger partial charge in [-0.05, 0) is 68.6 Å². The Hall–Kier alpha value is -3.69. The predicted octanol–water partition coefficient (Wildman–Crippen LogP) is 5.46. The van der Waals surface area contributed by atoms with Crippen LogP contribution in [0.2, 0.25) is 0 Å². The number of carbonyl (C=O) groups excluding carboxylic acids is 1. The van der Waals surface area contributed by atoms with Gasteiger partial charge in [0.15, 0.2) is 0 Å². The number of allylic oxidation sites excluding steroid dienone is 6. The van der Waals surface area contributed by atoms with Crippen LogP contribution >= 0.6 is 0 Å². The number of nitrogen functional groups attached to an aromatic ring is 1. The Kier molecular flexibility index (Phi) is 8.25. The van der Waals surface area contributed by atoms with Crippen LogP contribution < -0.4 is 5.73 Å². The molecule has 1 aromatic carbocycles. The fourth-order valence-electron chi connectivity index (χ4n) is 4.71. The molecule has 1 aliphatic heterocycles. The molecule has 4 rings (SSSR count). The normalized spacial score (nSPS) is 18.5. The highest BCUT2D eigenvalue weighted by Gasteiger charge is 2.27. The summed E-state index contributed by atoms with van der Waals surface area (Å²) in [6, 6.07) is 8.75. The zero-order valence-electron chi connectivity index (χ0n) is 22.1. The maximum absolute atomic E-state index is 15.5. The lowest BCUT2D eigenvalue weighted by Gasteiger charge is -2.37. The molecule has 0 saturated carbocycles. The van der Waals surface area contributed by atoms with Gasteiger partial charge in [0.05, 0.1) is 5.56 Å². The van der Waals surface area contributed by atoms with Crippen LogP contribution in [-0.4, -0.2) is 53.4 Å². The molecular weight excluding hydrogens is 463 g/mol. The first-order chi connectivity index (χ1) is 17.8. The maximum atomic E-state index is 15.5. The summed E-state index contributed by atoms with van der Waals surface area (Å²) in [5, 5.41) is 0. The lowest BCUT2D eigenvalue weighted by molar-refractivity contribution is 0.0568. The molecular formula is C31H35FN4O. The first kappa shape index (κ1) is 26.4. The van der Waals surface area contributed by atoms with Gasteiger partial charge in [0, 0.05) is 43.0 Å². The predicted molar refractivity (Wildman–Crippen MR) is 148 cm³/mol. The van der Waals surface area contributed by atoms with E-state index in [1.807, 2.05) is 25.3 Å². The van der Waals surface area contributed by atoms with Crippen LogP contribution in [0, 0.1) is 17.7 Å². The van der Waals surface area contributed by atoms with Gasteiger partial charge in [-0.3, -0.25) is 4.79 Å². The van der Waals surface area contributed by atoms with E-state index in [-0.39, 0.29) is 17.5 Å². The average Bonchev–Trinajstić information content (AvgIpc) is 3.08. The van der Waals surface area contributed by atoms with Gasteiger partial charge in [0.1, 0.15) is 11.6 Å². The van der Waals surface area contributed by atoms with Crippen LogP contribution in [0.1, 0.15) is 61.5 Å². The van der Waals surface area contributed by atoms with Crippen molar-refractivity contribution in [2.45, 2.75) is 46.1 Å². The number of nitrogens with zero attached hydrogens (tertiary/aromatic N) is 3. The number of hydrogen-bond acceptors (Lipinski definition) is 4. The standard InChI is InChI=1S/C31H35FN4O/c1-5-22-7-11-27(26(24(6-2)17-22)12-8-23-9-14-30(33)34-19-23)25-10-13-28(29(32)18-25)31(37)36-16-15-35(4)21(3)20-36/h7,9-11,13-14,18-19,21H,5-6,15-17,20H2,1-4H3,(H2,33,34). The van der Waals surface area contributed by atoms with Gasteiger partial charge in [0.2, 0.25) is 0 Å². The summed E-state index contributed by atoms with van der Waals surface area (Å²) in [5.41, 5.74) is 11.6. The molecule has 2 aromatic rings. The van der Waals surface area contributed by atoms with E-state index in [0.29, 0.717) is 24.5 Å². The molecule has 192 valence electrons. The Balaban J connectivity index is 1.71. The number of hydrogen-bond donors (Lipinski definition) is 1. The van der Waals surface area contributed by atoms with Crippen LogP contribution in [0.25, 0.3) is 5.57 Å². The number of carbonyl (C=O) groups is 1. The molecule has 1 atom stereocenters. The molecule has 1 saturated heterocycles. The third-order valence-corrected chi connectivity index (χ3v) is 7.31. The van der Waals surface area contributed by atoms with E-state index < -0.39 is 5.82 Å². The quantitative estimate of drug-likeness (QED) is 0.569. The lowest BCUT2D eigenvalue weighted by atomic mass is 9.91. The van der Waals surface area contributed by atoms with E-state index in [0.717, 1.165) is 42.5 Å². The number of rotatable bonds is 4. The molecule has 2 N–H and O–H groups in total. The number of pyridine rings is 1. The summed E-state index contributed by atoms with van der Waals surface area (Å²) in [5.74, 6) is 6.25. The fraction of sp³-hybridized carbons (Fsp3) is 0.355. The minimum atomic E-state index is -0.507. The van der Waals surface area contributed by atoms with E-state index in [1.54, 1.807) is 23.2 Å². The highest BCUT2D eigenvalue weighted by molar-refractivity contribution is 5.95. The summed E-state index contributed by atoms with van der Waals surface area (Å²) < 4.78 is 15.5. The third-order valence-electron chi connectivity index (χ3n) is 7.31. The van der Waals surface area contributed by atoms with Crippen LogP contribution in [0.15, 0.2) is 65.4 Å². The van der Waals surface area contributed by atoms with Crippen molar-refractivity contribution in [2.75, 3.05) is 32.4 Å². The number of halogens is 1. The van der Waals surface area contributed by atoms with Gasteiger partial charge in [-0.1, -0.05) is 55.1 Å². The van der Waals surface area contributed by atoms with E-state index >= 15 is 4.39 Å². The first-order valence-electron chi connectivity index (χ1n) is 13.0. The largest absolute Gasteiger partial charge is 0.384 e. The molecule has 1 unspecified atom stereocenters. The van der Waals surface area contributed by atoms with Crippen molar-refractivity contribution in [3.05, 3.63) is 87.9 Å². The van der Waals surface area contributed by atoms with Crippen LogP contribution in [0.3, 0.4) is 0 Å². The van der Waals surface area contributed by atoms with Crippen molar-refractivity contribution >= 4 is 17.3 Å². The molecule has 0 spiro atoms. The fourth-order valence-corrected chi connectivity index (χ4v) is 4.71. The molecule has 1 aliphatic carbocycles. The minimum Gasteiger partial charge on any atom is -0.384 e. The molecule has 37 heavy (non-hydrogen) atoms. The average molecular weight is 499 g/mol. The van der Waals surface area contributed by atoms with E-state index in [9.17, 15) is 4.79 Å². The number of amides is 1. The zero-order chi connectivity index (χ0) is 26.5. The summed E-state index contributed by atoms with van der Waals surface area (Å²) in [6.07, 6.45) is 8.40. The highest BCUT2D eigenvalue weighted by Crippen LogP contribution is 2.34. The number of piperazine rings is 1. The van der Waals surface area contributed by atoms with Crippen molar-refractivity contribution < 1.29 is 9.18 Å². The van der Waals surface area contributed by atoms with Gasteiger partial charge >= 0.3 is 0 Å². The Morgan fingerprint density at radius 1 is 1.14 bits per heavy atom. The van der Waals surface area contributed by atoms with E-state index in [4.69, 9.17) is 5.73 Å². The molecule has 2 heterocycles. The maximum Gasteiger partial charge on any atom is 0.256 e. The molecule has 2 aliphatic rings. The van der Waals surface area contributed by atoms with Crippen molar-refractivity contribution in [1.29, 1.82) is 0 Å². The Morgan fingerprint density at radius 2 is 1.95 bits per heavy atom. The second kappa shape index (κ2) is 11.6. The summed E-state index contributed by atoms with van der Waals surface area (Å²) in [4.78, 5) is 21.2. The second-order valence-corrected chi connectivity index (χ2v) is 9.76. The van der Waals surface area contributed by atoms with Gasteiger partial charge in [-0.15, -0.1) is 0 Å². The van der Waals surface area contributed by atoms with Crippen LogP contribution in [0.5, 0.6) is 0 Å². The third kappa shape index (κ3) is 6.00. The zero-order valence-corrected chi connectivity index (χ0v) is 22.1. The minimum absolute atomic E-state index is 0.111. The molecule has 1 amide bonds. The SMILES string of the molecule is CCC1=CC=C(c2ccc(C(=O)N3CCN(C)C(C)C3)c(F)c2)C(C#Cc2ccc(N)nc2)=C(CC)C1. The number of likely N-dealkylation sites (N-methyl/N-ethyl adjacent to an activating group) is 1. The molecule has 6 heteroatoms. The number of benzene rings is 1. The first-order valence-corrected chi connectivity index (χ1v) is 13.0. The smallest absolute Gasteiger partial charge is 0.256 e. The van der Waals surface area contributed by atoms with Gasteiger partial charge < -0.3 is 15.5 Å². The van der Waals surface area contributed by atoms with Gasteiger partial charge in [0.25, 0.3) is 5.91 Å². The van der Waals surface area contributed by atoms with E-state index in [1.165, 1.54) is 17.2 Å². The van der Waals surface area contributed by atoms with Gasteiger partial charge in [-0.2, -0.15) is 0 Å².